The fraction of sp³-hybridized carbons (Fsp3) is 0.143. The molecule has 0 aliphatic carbocycles. The van der Waals surface area contributed by atoms with Crippen molar-refractivity contribution in [1.82, 2.24) is 15.0 Å². The Morgan fingerprint density at radius 3 is 2.89 bits per heavy atom. The zero-order valence-electron chi connectivity index (χ0n) is 15.3. The van der Waals surface area contributed by atoms with Gasteiger partial charge >= 0.3 is 0 Å². The number of rotatable bonds is 5. The third kappa shape index (κ3) is 3.57. The van der Waals surface area contributed by atoms with Gasteiger partial charge in [-0.1, -0.05) is 49.4 Å². The molecule has 2 aromatic carbocycles. The van der Waals surface area contributed by atoms with E-state index in [2.05, 4.69) is 15.5 Å². The van der Waals surface area contributed by atoms with Gasteiger partial charge in [-0.05, 0) is 23.3 Å². The minimum Gasteiger partial charge on any atom is -0.289 e. The molecular formula is C21H18N4O2S. The molecule has 0 spiro atoms. The molecule has 0 radical (unpaired) electrons. The van der Waals surface area contributed by atoms with Gasteiger partial charge in [0.1, 0.15) is 11.4 Å². The average molecular weight is 390 g/mol. The van der Waals surface area contributed by atoms with E-state index in [-0.39, 0.29) is 18.0 Å². The van der Waals surface area contributed by atoms with Gasteiger partial charge in [-0.3, -0.25) is 14.2 Å². The van der Waals surface area contributed by atoms with Crippen LogP contribution in [-0.2, 0) is 17.8 Å². The van der Waals surface area contributed by atoms with Crippen molar-refractivity contribution >= 4 is 44.4 Å². The Morgan fingerprint density at radius 1 is 1.21 bits per heavy atom. The molecule has 6 nitrogen and oxygen atoms in total. The Bertz CT molecular complexity index is 1250. The first-order chi connectivity index (χ1) is 13.7. The Hall–Kier alpha value is -3.32. The molecule has 140 valence electrons. The number of benzene rings is 2. The van der Waals surface area contributed by atoms with E-state index >= 15 is 0 Å². The van der Waals surface area contributed by atoms with Crippen molar-refractivity contribution in [3.05, 3.63) is 75.7 Å². The van der Waals surface area contributed by atoms with Gasteiger partial charge in [-0.2, -0.15) is 5.10 Å². The number of thiophene rings is 1. The predicted molar refractivity (Wildman–Crippen MR) is 113 cm³/mol. The quantitative estimate of drug-likeness (QED) is 0.419. The third-order valence-corrected chi connectivity index (χ3v) is 5.64. The topological polar surface area (TPSA) is 76.3 Å². The van der Waals surface area contributed by atoms with Gasteiger partial charge in [0.15, 0.2) is 0 Å². The van der Waals surface area contributed by atoms with Gasteiger partial charge in [-0.15, -0.1) is 11.3 Å². The first kappa shape index (κ1) is 18.1. The van der Waals surface area contributed by atoms with Crippen molar-refractivity contribution < 1.29 is 4.79 Å². The molecule has 7 heteroatoms. The Morgan fingerprint density at radius 2 is 2.04 bits per heavy atom. The number of nitrogens with zero attached hydrogens (tertiary/aromatic N) is 3. The van der Waals surface area contributed by atoms with Gasteiger partial charge in [-0.25, -0.2) is 10.4 Å². The molecule has 2 aromatic heterocycles. The molecular weight excluding hydrogens is 372 g/mol. The summed E-state index contributed by atoms with van der Waals surface area (Å²) in [6, 6.07) is 15.7. The molecule has 0 aliphatic rings. The van der Waals surface area contributed by atoms with Crippen LogP contribution in [0, 0.1) is 0 Å². The van der Waals surface area contributed by atoms with Gasteiger partial charge < -0.3 is 0 Å². The van der Waals surface area contributed by atoms with E-state index in [1.165, 1.54) is 22.2 Å². The van der Waals surface area contributed by atoms with E-state index < -0.39 is 0 Å². The summed E-state index contributed by atoms with van der Waals surface area (Å²) in [6.45, 7) is 1.90. The maximum atomic E-state index is 12.5. The zero-order valence-corrected chi connectivity index (χ0v) is 16.1. The zero-order chi connectivity index (χ0) is 19.5. The van der Waals surface area contributed by atoms with Crippen LogP contribution in [0.1, 0.15) is 17.4 Å². The Kier molecular flexibility index (Phi) is 4.99. The van der Waals surface area contributed by atoms with Crippen LogP contribution in [-0.4, -0.2) is 21.7 Å². The van der Waals surface area contributed by atoms with Crippen LogP contribution in [0.4, 0.5) is 0 Å². The summed E-state index contributed by atoms with van der Waals surface area (Å²) in [6.07, 6.45) is 3.87. The smallest absolute Gasteiger partial charge is 0.262 e. The number of aromatic nitrogens is 2. The van der Waals surface area contributed by atoms with Gasteiger partial charge in [0.2, 0.25) is 0 Å². The number of aryl methyl sites for hydroxylation is 1. The molecule has 0 saturated heterocycles. The average Bonchev–Trinajstić information content (AvgIpc) is 3.15. The molecule has 0 atom stereocenters. The lowest BCUT2D eigenvalue weighted by molar-refractivity contribution is -0.121. The Labute approximate surface area is 165 Å². The first-order valence-electron chi connectivity index (χ1n) is 8.93. The first-order valence-corrected chi connectivity index (χ1v) is 9.75. The summed E-state index contributed by atoms with van der Waals surface area (Å²) in [5.41, 5.74) is 3.17. The number of amides is 1. The molecule has 2 heterocycles. The van der Waals surface area contributed by atoms with Gasteiger partial charge in [0, 0.05) is 10.4 Å². The molecule has 4 aromatic rings. The number of carbonyl (C=O) groups is 1. The van der Waals surface area contributed by atoms with Gasteiger partial charge in [0.05, 0.1) is 17.9 Å². The second kappa shape index (κ2) is 7.74. The maximum absolute atomic E-state index is 12.5. The minimum atomic E-state index is -0.384. The molecule has 0 unspecified atom stereocenters. The van der Waals surface area contributed by atoms with E-state index in [9.17, 15) is 9.59 Å². The highest BCUT2D eigenvalue weighted by Crippen LogP contribution is 2.21. The summed E-state index contributed by atoms with van der Waals surface area (Å²) in [4.78, 5) is 30.8. The molecule has 0 aliphatic heterocycles. The van der Waals surface area contributed by atoms with Crippen LogP contribution in [0.3, 0.4) is 0 Å². The lowest BCUT2D eigenvalue weighted by atomic mass is 10.1. The fourth-order valence-electron chi connectivity index (χ4n) is 3.02. The standard InChI is InChI=1S/C21H18N4O2S/c1-2-16-10-18-20(28-16)22-13-25(21(18)27)12-19(26)24-23-11-15-8-5-7-14-6-3-4-9-17(14)15/h3-11,13H,2,12H2,1H3,(H,24,26). The fourth-order valence-corrected chi connectivity index (χ4v) is 3.95. The normalized spacial score (nSPS) is 11.5. The van der Waals surface area contributed by atoms with Crippen LogP contribution >= 0.6 is 11.3 Å². The lowest BCUT2D eigenvalue weighted by Crippen LogP contribution is -2.29. The van der Waals surface area contributed by atoms with Crippen molar-refractivity contribution in [2.75, 3.05) is 0 Å². The van der Waals surface area contributed by atoms with E-state index in [4.69, 9.17) is 0 Å². The highest BCUT2D eigenvalue weighted by molar-refractivity contribution is 7.18. The minimum absolute atomic E-state index is 0.133. The van der Waals surface area contributed by atoms with Crippen LogP contribution in [0.25, 0.3) is 21.0 Å². The van der Waals surface area contributed by atoms with Crippen molar-refractivity contribution in [2.45, 2.75) is 19.9 Å². The van der Waals surface area contributed by atoms with Crippen LogP contribution in [0.2, 0.25) is 0 Å². The van der Waals surface area contributed by atoms with Crippen molar-refractivity contribution in [2.24, 2.45) is 5.10 Å². The highest BCUT2D eigenvalue weighted by atomic mass is 32.1. The maximum Gasteiger partial charge on any atom is 0.262 e. The van der Waals surface area contributed by atoms with Crippen LogP contribution in [0.5, 0.6) is 0 Å². The molecule has 0 saturated carbocycles. The van der Waals surface area contributed by atoms with Crippen molar-refractivity contribution in [3.63, 3.8) is 0 Å². The third-order valence-electron chi connectivity index (χ3n) is 4.45. The largest absolute Gasteiger partial charge is 0.289 e. The summed E-state index contributed by atoms with van der Waals surface area (Å²) < 4.78 is 1.30. The number of fused-ring (bicyclic) bond motifs is 2. The highest BCUT2D eigenvalue weighted by Gasteiger charge is 2.10. The SMILES string of the molecule is CCc1cc2c(=O)n(CC(=O)NN=Cc3cccc4ccccc34)cnc2s1. The number of nitrogens with one attached hydrogen (secondary N) is 1. The number of hydrogen-bond acceptors (Lipinski definition) is 5. The summed E-state index contributed by atoms with van der Waals surface area (Å²) in [7, 11) is 0. The molecule has 4 rings (SSSR count). The monoisotopic (exact) mass is 390 g/mol. The summed E-state index contributed by atoms with van der Waals surface area (Å²) in [5.74, 6) is -0.384. The summed E-state index contributed by atoms with van der Waals surface area (Å²) >= 11 is 1.50. The van der Waals surface area contributed by atoms with Crippen LogP contribution < -0.4 is 11.0 Å². The van der Waals surface area contributed by atoms with E-state index in [1.807, 2.05) is 55.5 Å². The molecule has 28 heavy (non-hydrogen) atoms. The number of hydrogen-bond donors (Lipinski definition) is 1. The van der Waals surface area contributed by atoms with Gasteiger partial charge in [0.25, 0.3) is 11.5 Å². The summed E-state index contributed by atoms with van der Waals surface area (Å²) in [5, 5.41) is 6.75. The van der Waals surface area contributed by atoms with Crippen molar-refractivity contribution in [1.29, 1.82) is 0 Å². The molecule has 0 fully saturated rings. The van der Waals surface area contributed by atoms with E-state index in [0.717, 1.165) is 27.6 Å². The van der Waals surface area contributed by atoms with E-state index in [0.29, 0.717) is 10.2 Å². The number of hydrazone groups is 1. The van der Waals surface area contributed by atoms with Crippen LogP contribution in [0.15, 0.2) is 64.8 Å². The second-order valence-electron chi connectivity index (χ2n) is 6.32. The molecule has 1 amide bonds. The van der Waals surface area contributed by atoms with Crippen molar-refractivity contribution in [3.8, 4) is 0 Å². The second-order valence-corrected chi connectivity index (χ2v) is 7.44. The predicted octanol–water partition coefficient (Wildman–Crippen LogP) is 3.32. The van der Waals surface area contributed by atoms with E-state index in [1.54, 1.807) is 6.21 Å². The molecule has 1 N–H and O–H groups in total. The molecule has 0 bridgehead atoms. The Balaban J connectivity index is 1.49. The number of carbonyl (C=O) groups excluding carboxylic acids is 1. The lowest BCUT2D eigenvalue weighted by Gasteiger charge is -2.04.